The first-order chi connectivity index (χ1) is 18.4. The summed E-state index contributed by atoms with van der Waals surface area (Å²) in [4.78, 5) is 42.9. The van der Waals surface area contributed by atoms with Crippen LogP contribution in [0.25, 0.3) is 0 Å². The van der Waals surface area contributed by atoms with Crippen molar-refractivity contribution in [2.45, 2.75) is 57.0 Å². The Hall–Kier alpha value is -3.46. The number of halogens is 1. The van der Waals surface area contributed by atoms with E-state index in [9.17, 15) is 18.8 Å². The fourth-order valence-electron chi connectivity index (χ4n) is 5.38. The third-order valence-corrected chi connectivity index (χ3v) is 7.78. The summed E-state index contributed by atoms with van der Waals surface area (Å²) in [5.41, 5.74) is 7.90. The molecule has 1 heterocycles. The monoisotopic (exact) mass is 521 g/mol. The van der Waals surface area contributed by atoms with Gasteiger partial charge in [0.15, 0.2) is 0 Å². The number of benzene rings is 2. The Morgan fingerprint density at radius 2 is 1.61 bits per heavy atom. The molecule has 3 amide bonds. The Morgan fingerprint density at radius 3 is 2.34 bits per heavy atom. The summed E-state index contributed by atoms with van der Waals surface area (Å²) >= 11 is 0. The van der Waals surface area contributed by atoms with E-state index in [1.54, 1.807) is 18.2 Å². The lowest BCUT2D eigenvalue weighted by atomic mass is 9.91. The SMILES string of the molecule is NC1CCC(NC(=O)c2ccc(N3CCCN(C(=O)C4CC4)CC3)c(NC(=O)c3cccc(F)c3)c2)CC1. The van der Waals surface area contributed by atoms with E-state index in [0.29, 0.717) is 37.4 Å². The maximum absolute atomic E-state index is 13.8. The van der Waals surface area contributed by atoms with Crippen LogP contribution in [-0.4, -0.2) is 60.9 Å². The van der Waals surface area contributed by atoms with Crippen LogP contribution in [0.3, 0.4) is 0 Å². The Labute approximate surface area is 222 Å². The van der Waals surface area contributed by atoms with Gasteiger partial charge in [0.2, 0.25) is 5.91 Å². The fourth-order valence-corrected chi connectivity index (χ4v) is 5.38. The summed E-state index contributed by atoms with van der Waals surface area (Å²) in [5.74, 6) is -0.728. The van der Waals surface area contributed by atoms with Gasteiger partial charge < -0.3 is 26.2 Å². The number of hydrogen-bond donors (Lipinski definition) is 3. The predicted molar refractivity (Wildman–Crippen MR) is 145 cm³/mol. The van der Waals surface area contributed by atoms with Crippen LogP contribution in [0.4, 0.5) is 15.8 Å². The topological polar surface area (TPSA) is 108 Å². The summed E-state index contributed by atoms with van der Waals surface area (Å²) in [6, 6.07) is 11.1. The third-order valence-electron chi connectivity index (χ3n) is 7.78. The third kappa shape index (κ3) is 6.32. The van der Waals surface area contributed by atoms with E-state index in [1.807, 2.05) is 11.0 Å². The van der Waals surface area contributed by atoms with Gasteiger partial charge in [0.05, 0.1) is 11.4 Å². The number of carbonyl (C=O) groups is 3. The summed E-state index contributed by atoms with van der Waals surface area (Å²) in [6.07, 6.45) is 6.22. The molecule has 3 fully saturated rings. The number of nitrogens with zero attached hydrogens (tertiary/aromatic N) is 2. The second-order valence-corrected chi connectivity index (χ2v) is 10.7. The zero-order valence-electron chi connectivity index (χ0n) is 21.6. The molecular formula is C29H36FN5O3. The molecule has 2 aromatic rings. The van der Waals surface area contributed by atoms with Gasteiger partial charge in [0.25, 0.3) is 11.8 Å². The molecule has 0 atom stereocenters. The second-order valence-electron chi connectivity index (χ2n) is 10.7. The van der Waals surface area contributed by atoms with Gasteiger partial charge in [-0.2, -0.15) is 0 Å². The number of nitrogens with two attached hydrogens (primary N) is 1. The Kier molecular flexibility index (Phi) is 7.93. The van der Waals surface area contributed by atoms with Gasteiger partial charge in [0, 0.05) is 55.3 Å². The van der Waals surface area contributed by atoms with Crippen LogP contribution in [0.15, 0.2) is 42.5 Å². The smallest absolute Gasteiger partial charge is 0.255 e. The van der Waals surface area contributed by atoms with E-state index >= 15 is 0 Å². The molecule has 2 aliphatic carbocycles. The number of nitrogens with one attached hydrogen (secondary N) is 2. The largest absolute Gasteiger partial charge is 0.368 e. The molecule has 0 unspecified atom stereocenters. The van der Waals surface area contributed by atoms with Gasteiger partial charge in [-0.15, -0.1) is 0 Å². The molecule has 9 heteroatoms. The van der Waals surface area contributed by atoms with E-state index in [-0.39, 0.29) is 35.4 Å². The van der Waals surface area contributed by atoms with Crippen LogP contribution >= 0.6 is 0 Å². The molecule has 1 saturated heterocycles. The van der Waals surface area contributed by atoms with Gasteiger partial charge in [-0.05, 0) is 81.3 Å². The van der Waals surface area contributed by atoms with Crippen molar-refractivity contribution >= 4 is 29.1 Å². The van der Waals surface area contributed by atoms with Crippen molar-refractivity contribution in [2.24, 2.45) is 11.7 Å². The highest BCUT2D eigenvalue weighted by Gasteiger charge is 2.34. The molecule has 4 N–H and O–H groups in total. The van der Waals surface area contributed by atoms with Gasteiger partial charge in [0.1, 0.15) is 5.82 Å². The number of anilines is 2. The summed E-state index contributed by atoms with van der Waals surface area (Å²) < 4.78 is 13.8. The van der Waals surface area contributed by atoms with E-state index in [4.69, 9.17) is 5.73 Å². The highest BCUT2D eigenvalue weighted by molar-refractivity contribution is 6.07. The fraction of sp³-hybridized carbons (Fsp3) is 0.483. The normalized spacial score (nSPS) is 21.9. The van der Waals surface area contributed by atoms with E-state index < -0.39 is 11.7 Å². The molecule has 0 radical (unpaired) electrons. The van der Waals surface area contributed by atoms with Gasteiger partial charge in [-0.25, -0.2) is 4.39 Å². The Balaban J connectivity index is 1.36. The van der Waals surface area contributed by atoms with Gasteiger partial charge in [-0.1, -0.05) is 6.07 Å². The molecule has 38 heavy (non-hydrogen) atoms. The standard InChI is InChI=1S/C29H36FN5O3/c30-22-4-1-3-20(17-22)28(37)33-25-18-21(27(36)32-24-10-8-23(31)9-11-24)7-12-26(25)34-13-2-14-35(16-15-34)29(38)19-5-6-19/h1,3-4,7,12,17-19,23-24H,2,5-6,8-11,13-16,31H2,(H,32,36)(H,33,37). The lowest BCUT2D eigenvalue weighted by Gasteiger charge is -2.28. The Morgan fingerprint density at radius 1 is 0.842 bits per heavy atom. The maximum Gasteiger partial charge on any atom is 0.255 e. The van der Waals surface area contributed by atoms with Crippen molar-refractivity contribution in [1.82, 2.24) is 10.2 Å². The number of hydrogen-bond acceptors (Lipinski definition) is 5. The Bertz CT molecular complexity index is 1190. The minimum atomic E-state index is -0.494. The predicted octanol–water partition coefficient (Wildman–Crippen LogP) is 3.53. The molecular weight excluding hydrogens is 485 g/mol. The highest BCUT2D eigenvalue weighted by atomic mass is 19.1. The molecule has 2 aromatic carbocycles. The quantitative estimate of drug-likeness (QED) is 0.539. The molecule has 202 valence electrons. The van der Waals surface area contributed by atoms with Crippen LogP contribution in [0, 0.1) is 11.7 Å². The summed E-state index contributed by atoms with van der Waals surface area (Å²) in [6.45, 7) is 2.65. The summed E-state index contributed by atoms with van der Waals surface area (Å²) in [5, 5.41) is 6.02. The van der Waals surface area contributed by atoms with Crippen LogP contribution in [0.5, 0.6) is 0 Å². The van der Waals surface area contributed by atoms with Crippen molar-refractivity contribution < 1.29 is 18.8 Å². The van der Waals surface area contributed by atoms with Crippen molar-refractivity contribution in [3.05, 3.63) is 59.4 Å². The molecule has 0 bridgehead atoms. The minimum absolute atomic E-state index is 0.0768. The van der Waals surface area contributed by atoms with Gasteiger partial charge in [-0.3, -0.25) is 14.4 Å². The molecule has 2 saturated carbocycles. The first-order valence-corrected chi connectivity index (χ1v) is 13.7. The van der Waals surface area contributed by atoms with E-state index in [2.05, 4.69) is 15.5 Å². The molecule has 0 aromatic heterocycles. The molecule has 1 aliphatic heterocycles. The lowest BCUT2D eigenvalue weighted by Crippen LogP contribution is -2.40. The molecule has 0 spiro atoms. The number of carbonyl (C=O) groups excluding carboxylic acids is 3. The maximum atomic E-state index is 13.8. The van der Waals surface area contributed by atoms with E-state index in [0.717, 1.165) is 50.6 Å². The second kappa shape index (κ2) is 11.5. The van der Waals surface area contributed by atoms with Gasteiger partial charge >= 0.3 is 0 Å². The number of rotatable bonds is 6. The van der Waals surface area contributed by atoms with Crippen LogP contribution in [-0.2, 0) is 4.79 Å². The van der Waals surface area contributed by atoms with Crippen molar-refractivity contribution in [1.29, 1.82) is 0 Å². The molecule has 8 nitrogen and oxygen atoms in total. The average molecular weight is 522 g/mol. The minimum Gasteiger partial charge on any atom is -0.368 e. The molecule has 3 aliphatic rings. The number of amides is 3. The first-order valence-electron chi connectivity index (χ1n) is 13.7. The zero-order valence-corrected chi connectivity index (χ0v) is 21.6. The van der Waals surface area contributed by atoms with Crippen molar-refractivity contribution in [3.8, 4) is 0 Å². The van der Waals surface area contributed by atoms with Crippen LogP contribution in [0.1, 0.15) is 65.7 Å². The zero-order chi connectivity index (χ0) is 26.6. The first kappa shape index (κ1) is 26.2. The van der Waals surface area contributed by atoms with Crippen LogP contribution in [0.2, 0.25) is 0 Å². The van der Waals surface area contributed by atoms with Crippen molar-refractivity contribution in [2.75, 3.05) is 36.4 Å². The summed E-state index contributed by atoms with van der Waals surface area (Å²) in [7, 11) is 0. The molecule has 5 rings (SSSR count). The average Bonchev–Trinajstić information content (AvgIpc) is 3.77. The van der Waals surface area contributed by atoms with Crippen molar-refractivity contribution in [3.63, 3.8) is 0 Å². The van der Waals surface area contributed by atoms with E-state index in [1.165, 1.54) is 18.2 Å². The van der Waals surface area contributed by atoms with Crippen LogP contribution < -0.4 is 21.3 Å². The highest BCUT2D eigenvalue weighted by Crippen LogP contribution is 2.33. The lowest BCUT2D eigenvalue weighted by molar-refractivity contribution is -0.132.